The van der Waals surface area contributed by atoms with Gasteiger partial charge in [0.05, 0.1) is 18.7 Å². The standard InChI is InChI=1S/C26H31N9O5S/c27-18(11-41)23(36)33-21(6-15-9-28-12-31-15)25(38)34-20(5-14-8-30-19-4-2-1-3-17(14)19)24(37)35-22(26(39)40)7-16-10-29-13-32-16/h1-4,8-10,12-13,18,20-22,30,41H,5-7,11,27H2,(H,28,31)(H,29,32)(H,33,36)(H,34,38)(H,35,37)(H,39,40)/t18-,20-,21-,22-/m0/s1. The molecule has 0 fully saturated rings. The van der Waals surface area contributed by atoms with E-state index in [2.05, 4.69) is 53.5 Å². The number of hydrogen-bond donors (Lipinski definition) is 9. The number of rotatable bonds is 14. The highest BCUT2D eigenvalue weighted by atomic mass is 32.1. The van der Waals surface area contributed by atoms with E-state index in [0.29, 0.717) is 11.4 Å². The summed E-state index contributed by atoms with van der Waals surface area (Å²) in [5.74, 6) is -3.17. The van der Waals surface area contributed by atoms with Crippen LogP contribution in [-0.4, -0.2) is 83.6 Å². The van der Waals surface area contributed by atoms with Gasteiger partial charge in [-0.15, -0.1) is 0 Å². The van der Waals surface area contributed by atoms with E-state index in [4.69, 9.17) is 5.73 Å². The van der Waals surface area contributed by atoms with E-state index in [0.717, 1.165) is 16.5 Å². The third-order valence-electron chi connectivity index (χ3n) is 6.47. The van der Waals surface area contributed by atoms with Gasteiger partial charge in [-0.2, -0.15) is 12.6 Å². The Kier molecular flexibility index (Phi) is 9.76. The third kappa shape index (κ3) is 7.73. The van der Waals surface area contributed by atoms with Crippen molar-refractivity contribution in [2.24, 2.45) is 5.73 Å². The lowest BCUT2D eigenvalue weighted by atomic mass is 10.0. The predicted molar refractivity (Wildman–Crippen MR) is 152 cm³/mol. The number of benzene rings is 1. The maximum Gasteiger partial charge on any atom is 0.326 e. The minimum Gasteiger partial charge on any atom is -0.480 e. The van der Waals surface area contributed by atoms with Crippen LogP contribution in [0.3, 0.4) is 0 Å². The molecule has 0 aliphatic rings. The van der Waals surface area contributed by atoms with Gasteiger partial charge < -0.3 is 41.7 Å². The van der Waals surface area contributed by atoms with Crippen LogP contribution in [0.1, 0.15) is 17.0 Å². The maximum atomic E-state index is 13.6. The molecule has 0 unspecified atom stereocenters. The van der Waals surface area contributed by atoms with Crippen LogP contribution in [0.15, 0.2) is 55.5 Å². The Bertz CT molecular complexity index is 1470. The van der Waals surface area contributed by atoms with Crippen molar-refractivity contribution in [2.45, 2.75) is 43.4 Å². The molecule has 0 spiro atoms. The molecule has 3 heterocycles. The minimum atomic E-state index is -1.29. The summed E-state index contributed by atoms with van der Waals surface area (Å²) in [6.07, 6.45) is 7.57. The summed E-state index contributed by atoms with van der Waals surface area (Å²) >= 11 is 4.05. The number of thiol groups is 1. The fraction of sp³-hybridized carbons (Fsp3) is 0.308. The summed E-state index contributed by atoms with van der Waals surface area (Å²) in [7, 11) is 0. The Morgan fingerprint density at radius 1 is 0.829 bits per heavy atom. The quantitative estimate of drug-likeness (QED) is 0.0875. The molecular weight excluding hydrogens is 550 g/mol. The highest BCUT2D eigenvalue weighted by molar-refractivity contribution is 7.80. The predicted octanol–water partition coefficient (Wildman–Crippen LogP) is -0.562. The van der Waals surface area contributed by atoms with Crippen molar-refractivity contribution in [2.75, 3.05) is 5.75 Å². The third-order valence-corrected chi connectivity index (χ3v) is 6.86. The summed E-state index contributed by atoms with van der Waals surface area (Å²) in [5, 5.41) is 18.5. The van der Waals surface area contributed by atoms with Crippen LogP contribution in [0.4, 0.5) is 0 Å². The van der Waals surface area contributed by atoms with Crippen LogP contribution in [-0.2, 0) is 38.4 Å². The second kappa shape index (κ2) is 13.6. The maximum absolute atomic E-state index is 13.6. The van der Waals surface area contributed by atoms with Crippen LogP contribution < -0.4 is 21.7 Å². The molecule has 0 saturated carbocycles. The molecule has 0 radical (unpaired) electrons. The van der Waals surface area contributed by atoms with Crippen LogP contribution in [0, 0.1) is 0 Å². The van der Waals surface area contributed by atoms with Crippen molar-refractivity contribution >= 4 is 47.2 Å². The molecular formula is C26H31N9O5S. The number of carbonyl (C=O) groups excluding carboxylic acids is 3. The molecule has 3 amide bonds. The molecule has 0 aliphatic carbocycles. The number of carboxylic acids is 1. The number of nitrogens with two attached hydrogens (primary N) is 1. The zero-order valence-electron chi connectivity index (χ0n) is 21.8. The molecule has 4 rings (SSSR count). The molecule has 14 nitrogen and oxygen atoms in total. The lowest BCUT2D eigenvalue weighted by molar-refractivity contribution is -0.142. The SMILES string of the molecule is N[C@@H](CS)C(=O)N[C@@H](Cc1cnc[nH]1)C(=O)N[C@@H](Cc1c[nH]c2ccccc12)C(=O)N[C@@H](Cc1cnc[nH]1)C(=O)O. The Morgan fingerprint density at radius 2 is 1.39 bits per heavy atom. The number of hydrogen-bond acceptors (Lipinski definition) is 8. The van der Waals surface area contributed by atoms with Gasteiger partial charge in [0.1, 0.15) is 18.1 Å². The number of H-pyrrole nitrogens is 3. The van der Waals surface area contributed by atoms with Crippen molar-refractivity contribution < 1.29 is 24.3 Å². The molecule has 0 bridgehead atoms. The topological polar surface area (TPSA) is 224 Å². The minimum absolute atomic E-state index is 0.0376. The highest BCUT2D eigenvalue weighted by Crippen LogP contribution is 2.19. The van der Waals surface area contributed by atoms with E-state index >= 15 is 0 Å². The number of carboxylic acid groups (broad SMARTS) is 1. The van der Waals surface area contributed by atoms with Crippen LogP contribution in [0.25, 0.3) is 10.9 Å². The number of para-hydroxylation sites is 1. The van der Waals surface area contributed by atoms with Crippen molar-refractivity contribution in [1.29, 1.82) is 0 Å². The van der Waals surface area contributed by atoms with Gasteiger partial charge in [0.25, 0.3) is 0 Å². The first-order valence-electron chi connectivity index (χ1n) is 12.7. The molecule has 4 aromatic rings. The van der Waals surface area contributed by atoms with Gasteiger partial charge in [-0.25, -0.2) is 14.8 Å². The Hall–Kier alpha value is -4.63. The van der Waals surface area contributed by atoms with Crippen molar-refractivity contribution in [1.82, 2.24) is 40.9 Å². The van der Waals surface area contributed by atoms with Crippen LogP contribution in [0.2, 0.25) is 0 Å². The van der Waals surface area contributed by atoms with E-state index < -0.39 is 47.9 Å². The van der Waals surface area contributed by atoms with E-state index in [1.54, 1.807) is 6.20 Å². The van der Waals surface area contributed by atoms with Gasteiger partial charge >= 0.3 is 5.97 Å². The first-order chi connectivity index (χ1) is 19.7. The Labute approximate surface area is 239 Å². The number of aromatic nitrogens is 5. The zero-order chi connectivity index (χ0) is 29.4. The molecule has 216 valence electrons. The van der Waals surface area contributed by atoms with Gasteiger partial charge in [0.15, 0.2) is 0 Å². The number of fused-ring (bicyclic) bond motifs is 1. The number of carbonyl (C=O) groups is 4. The number of imidazole rings is 2. The van der Waals surface area contributed by atoms with Gasteiger partial charge in [-0.1, -0.05) is 18.2 Å². The van der Waals surface area contributed by atoms with Crippen molar-refractivity contribution in [3.05, 3.63) is 72.5 Å². The summed E-state index contributed by atoms with van der Waals surface area (Å²) in [6.45, 7) is 0. The van der Waals surface area contributed by atoms with Gasteiger partial charge in [0.2, 0.25) is 17.7 Å². The average Bonchev–Trinajstić information content (AvgIpc) is 3.74. The van der Waals surface area contributed by atoms with E-state index in [1.165, 1.54) is 25.0 Å². The molecule has 15 heteroatoms. The summed E-state index contributed by atoms with van der Waals surface area (Å²) in [5.41, 5.74) is 8.44. The lowest BCUT2D eigenvalue weighted by Crippen LogP contribution is -2.58. The zero-order valence-corrected chi connectivity index (χ0v) is 22.7. The normalized spacial score (nSPS) is 14.1. The number of nitrogens with one attached hydrogen (secondary N) is 6. The lowest BCUT2D eigenvalue weighted by Gasteiger charge is -2.25. The fourth-order valence-electron chi connectivity index (χ4n) is 4.28. The Morgan fingerprint density at radius 3 is 1.98 bits per heavy atom. The van der Waals surface area contributed by atoms with Gasteiger partial charge in [0, 0.05) is 65.9 Å². The summed E-state index contributed by atoms with van der Waals surface area (Å²) in [6, 6.07) is 2.89. The highest BCUT2D eigenvalue weighted by Gasteiger charge is 2.31. The number of nitrogens with zero attached hydrogens (tertiary/aromatic N) is 2. The smallest absolute Gasteiger partial charge is 0.326 e. The summed E-state index contributed by atoms with van der Waals surface area (Å²) < 4.78 is 0. The first-order valence-corrected chi connectivity index (χ1v) is 13.4. The second-order valence-electron chi connectivity index (χ2n) is 9.44. The molecule has 4 atom stereocenters. The van der Waals surface area contributed by atoms with Crippen molar-refractivity contribution in [3.63, 3.8) is 0 Å². The molecule has 0 saturated heterocycles. The van der Waals surface area contributed by atoms with E-state index in [1.807, 2.05) is 24.3 Å². The number of amides is 3. The van der Waals surface area contributed by atoms with Gasteiger partial charge in [-0.3, -0.25) is 14.4 Å². The average molecular weight is 582 g/mol. The number of aliphatic carboxylic acids is 1. The first kappa shape index (κ1) is 29.4. The van der Waals surface area contributed by atoms with Gasteiger partial charge in [-0.05, 0) is 11.6 Å². The molecule has 1 aromatic carbocycles. The largest absolute Gasteiger partial charge is 0.480 e. The molecule has 0 aliphatic heterocycles. The Balaban J connectivity index is 1.59. The summed E-state index contributed by atoms with van der Waals surface area (Å²) in [4.78, 5) is 68.3. The monoisotopic (exact) mass is 581 g/mol. The fourth-order valence-corrected chi connectivity index (χ4v) is 4.44. The van der Waals surface area contributed by atoms with E-state index in [-0.39, 0.29) is 25.0 Å². The number of aromatic amines is 3. The van der Waals surface area contributed by atoms with Crippen LogP contribution in [0.5, 0.6) is 0 Å². The molecule has 3 aromatic heterocycles. The molecule has 41 heavy (non-hydrogen) atoms. The van der Waals surface area contributed by atoms with E-state index in [9.17, 15) is 24.3 Å². The van der Waals surface area contributed by atoms with Crippen molar-refractivity contribution in [3.8, 4) is 0 Å². The molecule has 9 N–H and O–H groups in total. The van der Waals surface area contributed by atoms with Crippen LogP contribution >= 0.6 is 12.6 Å². The second-order valence-corrected chi connectivity index (χ2v) is 9.80.